The van der Waals surface area contributed by atoms with Gasteiger partial charge in [-0.3, -0.25) is 9.69 Å². The number of hydrogen-bond acceptors (Lipinski definition) is 4. The standard InChI is InChI=1S/C16H26N2O3/c1-16(2,3)17-15(21)14(20)12-18(9-10-19)11-13-7-5-4-6-8-13/h4-8,14,19-20H,9-12H2,1-3H3,(H,17,21). The van der Waals surface area contributed by atoms with Crippen LogP contribution in [0.25, 0.3) is 0 Å². The van der Waals surface area contributed by atoms with E-state index in [1.165, 1.54) is 0 Å². The van der Waals surface area contributed by atoms with E-state index in [0.29, 0.717) is 13.1 Å². The number of rotatable bonds is 7. The second kappa shape index (κ2) is 8.12. The van der Waals surface area contributed by atoms with Gasteiger partial charge in [-0.25, -0.2) is 0 Å². The van der Waals surface area contributed by atoms with Crippen LogP contribution in [0.1, 0.15) is 26.3 Å². The van der Waals surface area contributed by atoms with Gasteiger partial charge in [0.1, 0.15) is 6.10 Å². The highest BCUT2D eigenvalue weighted by Crippen LogP contribution is 2.06. The fourth-order valence-corrected chi connectivity index (χ4v) is 2.00. The quantitative estimate of drug-likeness (QED) is 0.694. The molecule has 1 rings (SSSR count). The molecule has 118 valence electrons. The maximum absolute atomic E-state index is 11.9. The van der Waals surface area contributed by atoms with Crippen LogP contribution in [0.3, 0.4) is 0 Å². The molecule has 0 spiro atoms. The lowest BCUT2D eigenvalue weighted by molar-refractivity contribution is -0.132. The molecule has 0 fully saturated rings. The molecule has 0 aromatic heterocycles. The second-order valence-corrected chi connectivity index (χ2v) is 6.20. The molecule has 1 unspecified atom stereocenters. The molecule has 5 nitrogen and oxygen atoms in total. The summed E-state index contributed by atoms with van der Waals surface area (Å²) in [5, 5.41) is 21.9. The zero-order valence-electron chi connectivity index (χ0n) is 13.0. The minimum absolute atomic E-state index is 0.0134. The first-order valence-corrected chi connectivity index (χ1v) is 7.19. The lowest BCUT2D eigenvalue weighted by atomic mass is 10.1. The SMILES string of the molecule is CC(C)(C)NC(=O)C(O)CN(CCO)Cc1ccccc1. The van der Waals surface area contributed by atoms with Gasteiger partial charge in [0.15, 0.2) is 0 Å². The van der Waals surface area contributed by atoms with Gasteiger partial charge in [-0.2, -0.15) is 0 Å². The lowest BCUT2D eigenvalue weighted by Gasteiger charge is -2.27. The van der Waals surface area contributed by atoms with Gasteiger partial charge >= 0.3 is 0 Å². The minimum Gasteiger partial charge on any atom is -0.395 e. The van der Waals surface area contributed by atoms with Crippen molar-refractivity contribution < 1.29 is 15.0 Å². The summed E-state index contributed by atoms with van der Waals surface area (Å²) in [7, 11) is 0. The van der Waals surface area contributed by atoms with E-state index in [2.05, 4.69) is 5.32 Å². The molecule has 0 aliphatic rings. The van der Waals surface area contributed by atoms with Gasteiger partial charge in [0.2, 0.25) is 0 Å². The van der Waals surface area contributed by atoms with Crippen molar-refractivity contribution in [1.82, 2.24) is 10.2 Å². The summed E-state index contributed by atoms with van der Waals surface area (Å²) < 4.78 is 0. The predicted molar refractivity (Wildman–Crippen MR) is 82.7 cm³/mol. The number of hydrogen-bond donors (Lipinski definition) is 3. The zero-order valence-corrected chi connectivity index (χ0v) is 13.0. The van der Waals surface area contributed by atoms with Crippen molar-refractivity contribution in [2.75, 3.05) is 19.7 Å². The van der Waals surface area contributed by atoms with Crippen molar-refractivity contribution in [3.05, 3.63) is 35.9 Å². The average molecular weight is 294 g/mol. The van der Waals surface area contributed by atoms with E-state index in [0.717, 1.165) is 5.56 Å². The van der Waals surface area contributed by atoms with Crippen LogP contribution < -0.4 is 5.32 Å². The van der Waals surface area contributed by atoms with Crippen LogP contribution in [0.15, 0.2) is 30.3 Å². The van der Waals surface area contributed by atoms with E-state index < -0.39 is 12.0 Å². The lowest BCUT2D eigenvalue weighted by Crippen LogP contribution is -2.49. The number of carbonyl (C=O) groups excluding carboxylic acids is 1. The Kier molecular flexibility index (Phi) is 6.81. The van der Waals surface area contributed by atoms with Crippen LogP contribution in [0.5, 0.6) is 0 Å². The smallest absolute Gasteiger partial charge is 0.250 e. The molecule has 3 N–H and O–H groups in total. The summed E-state index contributed by atoms with van der Waals surface area (Å²) in [4.78, 5) is 13.8. The predicted octanol–water partition coefficient (Wildman–Crippen LogP) is 0.757. The van der Waals surface area contributed by atoms with Crippen LogP contribution in [0.2, 0.25) is 0 Å². The van der Waals surface area contributed by atoms with Crippen LogP contribution in [-0.2, 0) is 11.3 Å². The van der Waals surface area contributed by atoms with Crippen LogP contribution in [-0.4, -0.2) is 52.4 Å². The molecule has 1 aromatic rings. The molecule has 0 saturated heterocycles. The van der Waals surface area contributed by atoms with E-state index in [-0.39, 0.29) is 18.7 Å². The van der Waals surface area contributed by atoms with Gasteiger partial charge in [0.25, 0.3) is 5.91 Å². The fourth-order valence-electron chi connectivity index (χ4n) is 2.00. The summed E-state index contributed by atoms with van der Waals surface area (Å²) in [6.07, 6.45) is -1.11. The fraction of sp³-hybridized carbons (Fsp3) is 0.562. The maximum atomic E-state index is 11.9. The third-order valence-electron chi connectivity index (χ3n) is 2.90. The van der Waals surface area contributed by atoms with E-state index in [4.69, 9.17) is 5.11 Å². The number of nitrogens with zero attached hydrogens (tertiary/aromatic N) is 1. The van der Waals surface area contributed by atoms with Gasteiger partial charge in [0, 0.05) is 25.2 Å². The average Bonchev–Trinajstić information content (AvgIpc) is 2.38. The van der Waals surface area contributed by atoms with Crippen molar-refractivity contribution in [2.24, 2.45) is 0 Å². The Morgan fingerprint density at radius 1 is 1.29 bits per heavy atom. The van der Waals surface area contributed by atoms with Crippen LogP contribution in [0.4, 0.5) is 0 Å². The number of aliphatic hydroxyl groups excluding tert-OH is 2. The topological polar surface area (TPSA) is 72.8 Å². The Morgan fingerprint density at radius 2 is 1.90 bits per heavy atom. The van der Waals surface area contributed by atoms with Gasteiger partial charge in [0.05, 0.1) is 6.61 Å². The first kappa shape index (κ1) is 17.6. The molecule has 0 radical (unpaired) electrons. The third-order valence-corrected chi connectivity index (χ3v) is 2.90. The molecule has 1 atom stereocenters. The molecule has 0 aliphatic carbocycles. The first-order valence-electron chi connectivity index (χ1n) is 7.19. The van der Waals surface area contributed by atoms with E-state index in [1.54, 1.807) is 0 Å². The number of amides is 1. The van der Waals surface area contributed by atoms with Crippen molar-refractivity contribution in [3.8, 4) is 0 Å². The number of aliphatic hydroxyl groups is 2. The van der Waals surface area contributed by atoms with E-state index in [1.807, 2.05) is 56.0 Å². The molecular formula is C16H26N2O3. The Hall–Kier alpha value is -1.43. The highest BCUT2D eigenvalue weighted by molar-refractivity contribution is 5.81. The van der Waals surface area contributed by atoms with Gasteiger partial charge in [-0.05, 0) is 26.3 Å². The summed E-state index contributed by atoms with van der Waals surface area (Å²) in [6.45, 7) is 6.78. The van der Waals surface area contributed by atoms with E-state index in [9.17, 15) is 9.90 Å². The monoisotopic (exact) mass is 294 g/mol. The summed E-state index contributed by atoms with van der Waals surface area (Å²) in [5.74, 6) is -0.390. The highest BCUT2D eigenvalue weighted by atomic mass is 16.3. The Balaban J connectivity index is 2.59. The number of benzene rings is 1. The summed E-state index contributed by atoms with van der Waals surface area (Å²) in [5.41, 5.74) is 0.702. The van der Waals surface area contributed by atoms with Gasteiger partial charge < -0.3 is 15.5 Å². The highest BCUT2D eigenvalue weighted by Gasteiger charge is 2.22. The molecule has 21 heavy (non-hydrogen) atoms. The third kappa shape index (κ3) is 7.22. The number of nitrogens with one attached hydrogen (secondary N) is 1. The molecule has 0 saturated carbocycles. The summed E-state index contributed by atoms with van der Waals surface area (Å²) >= 11 is 0. The molecule has 0 heterocycles. The zero-order chi connectivity index (χ0) is 15.9. The normalized spacial score (nSPS) is 13.2. The molecular weight excluding hydrogens is 268 g/mol. The second-order valence-electron chi connectivity index (χ2n) is 6.20. The Labute approximate surface area is 126 Å². The van der Waals surface area contributed by atoms with Crippen molar-refractivity contribution in [1.29, 1.82) is 0 Å². The first-order chi connectivity index (χ1) is 9.81. The largest absolute Gasteiger partial charge is 0.395 e. The molecule has 0 bridgehead atoms. The van der Waals surface area contributed by atoms with Crippen molar-refractivity contribution in [3.63, 3.8) is 0 Å². The van der Waals surface area contributed by atoms with Crippen LogP contribution >= 0.6 is 0 Å². The van der Waals surface area contributed by atoms with Gasteiger partial charge in [-0.15, -0.1) is 0 Å². The maximum Gasteiger partial charge on any atom is 0.250 e. The summed E-state index contributed by atoms with van der Waals surface area (Å²) in [6, 6.07) is 9.77. The Bertz CT molecular complexity index is 429. The molecule has 1 aromatic carbocycles. The van der Waals surface area contributed by atoms with Crippen LogP contribution in [0, 0.1) is 0 Å². The van der Waals surface area contributed by atoms with E-state index >= 15 is 0 Å². The van der Waals surface area contributed by atoms with Gasteiger partial charge in [-0.1, -0.05) is 30.3 Å². The van der Waals surface area contributed by atoms with Crippen molar-refractivity contribution in [2.45, 2.75) is 39.0 Å². The number of carbonyl (C=O) groups is 1. The van der Waals surface area contributed by atoms with Crippen molar-refractivity contribution >= 4 is 5.91 Å². The molecule has 1 amide bonds. The minimum atomic E-state index is -1.11. The molecule has 5 heteroatoms. The molecule has 0 aliphatic heterocycles. The Morgan fingerprint density at radius 3 is 2.43 bits per heavy atom.